The number of esters is 1. The third-order valence-corrected chi connectivity index (χ3v) is 3.16. The lowest BCUT2D eigenvalue weighted by atomic mass is 9.86. The summed E-state index contributed by atoms with van der Waals surface area (Å²) in [5.41, 5.74) is 1.61. The molecule has 0 unspecified atom stereocenters. The van der Waals surface area contributed by atoms with Crippen LogP contribution >= 0.6 is 15.9 Å². The van der Waals surface area contributed by atoms with Gasteiger partial charge in [0.2, 0.25) is 0 Å². The van der Waals surface area contributed by atoms with Crippen LogP contribution in [0.15, 0.2) is 22.7 Å². The monoisotopic (exact) mass is 312 g/mol. The SMILES string of the molecule is COC(=O)/C=C/c1cc(C(C)(C)C)cc(Br)c1O. The first-order valence-electron chi connectivity index (χ1n) is 5.54. The lowest BCUT2D eigenvalue weighted by Gasteiger charge is -2.20. The van der Waals surface area contributed by atoms with Gasteiger partial charge in [0, 0.05) is 11.6 Å². The number of phenols is 1. The van der Waals surface area contributed by atoms with Crippen LogP contribution in [0.3, 0.4) is 0 Å². The highest BCUT2D eigenvalue weighted by Gasteiger charge is 2.17. The zero-order valence-corrected chi connectivity index (χ0v) is 12.5. The lowest BCUT2D eigenvalue weighted by Crippen LogP contribution is -2.11. The van der Waals surface area contributed by atoms with E-state index in [1.165, 1.54) is 13.2 Å². The molecule has 0 saturated carbocycles. The third kappa shape index (κ3) is 3.60. The predicted octanol–water partition coefficient (Wildman–Crippen LogP) is 3.64. The molecule has 0 atom stereocenters. The highest BCUT2D eigenvalue weighted by atomic mass is 79.9. The van der Waals surface area contributed by atoms with Gasteiger partial charge in [0.15, 0.2) is 0 Å². The summed E-state index contributed by atoms with van der Waals surface area (Å²) in [5.74, 6) is -0.338. The number of carbonyl (C=O) groups is 1. The summed E-state index contributed by atoms with van der Waals surface area (Å²) in [6.45, 7) is 6.25. The molecule has 0 heterocycles. The summed E-state index contributed by atoms with van der Waals surface area (Å²) in [7, 11) is 1.31. The molecular weight excluding hydrogens is 296 g/mol. The van der Waals surface area contributed by atoms with Gasteiger partial charge in [-0.1, -0.05) is 20.8 Å². The Bertz CT molecular complexity index is 485. The molecule has 1 N–H and O–H groups in total. The molecule has 0 aliphatic heterocycles. The van der Waals surface area contributed by atoms with Crippen molar-refractivity contribution in [1.82, 2.24) is 0 Å². The maximum absolute atomic E-state index is 11.1. The number of halogens is 1. The molecule has 0 bridgehead atoms. The molecule has 1 aromatic rings. The summed E-state index contributed by atoms with van der Waals surface area (Å²) >= 11 is 3.31. The topological polar surface area (TPSA) is 46.5 Å². The molecule has 0 amide bonds. The van der Waals surface area contributed by atoms with E-state index < -0.39 is 5.97 Å². The van der Waals surface area contributed by atoms with Gasteiger partial charge >= 0.3 is 5.97 Å². The summed E-state index contributed by atoms with van der Waals surface area (Å²) in [6.07, 6.45) is 2.83. The fraction of sp³-hybridized carbons (Fsp3) is 0.357. The van der Waals surface area contributed by atoms with Crippen molar-refractivity contribution < 1.29 is 14.6 Å². The number of ether oxygens (including phenoxy) is 1. The zero-order valence-electron chi connectivity index (χ0n) is 11.0. The number of phenolic OH excluding ortho intramolecular Hbond substituents is 1. The summed E-state index contributed by atoms with van der Waals surface area (Å²) in [5, 5.41) is 9.92. The zero-order chi connectivity index (χ0) is 13.9. The van der Waals surface area contributed by atoms with E-state index in [-0.39, 0.29) is 11.2 Å². The van der Waals surface area contributed by atoms with Crippen LogP contribution in [0.2, 0.25) is 0 Å². The molecule has 0 aliphatic rings. The molecule has 98 valence electrons. The van der Waals surface area contributed by atoms with Gasteiger partial charge in [-0.3, -0.25) is 0 Å². The van der Waals surface area contributed by atoms with Gasteiger partial charge in [-0.05, 0) is 45.1 Å². The molecule has 0 saturated heterocycles. The summed E-state index contributed by atoms with van der Waals surface area (Å²) in [6, 6.07) is 3.74. The molecule has 1 rings (SSSR count). The van der Waals surface area contributed by atoms with Crippen LogP contribution in [0.4, 0.5) is 0 Å². The first-order valence-corrected chi connectivity index (χ1v) is 6.34. The molecule has 0 aliphatic carbocycles. The van der Waals surface area contributed by atoms with Crippen molar-refractivity contribution in [2.24, 2.45) is 0 Å². The van der Waals surface area contributed by atoms with Crippen molar-refractivity contribution in [3.8, 4) is 5.75 Å². The number of benzene rings is 1. The Morgan fingerprint density at radius 3 is 2.50 bits per heavy atom. The minimum absolute atomic E-state index is 0.0376. The minimum Gasteiger partial charge on any atom is -0.506 e. The third-order valence-electron chi connectivity index (χ3n) is 2.56. The maximum atomic E-state index is 11.1. The Hall–Kier alpha value is -1.29. The highest BCUT2D eigenvalue weighted by molar-refractivity contribution is 9.10. The predicted molar refractivity (Wildman–Crippen MR) is 75.6 cm³/mol. The molecule has 1 aromatic carbocycles. The molecule has 0 radical (unpaired) electrons. The fourth-order valence-electron chi connectivity index (χ4n) is 1.41. The Morgan fingerprint density at radius 1 is 1.39 bits per heavy atom. The maximum Gasteiger partial charge on any atom is 0.330 e. The number of methoxy groups -OCH3 is 1. The van der Waals surface area contributed by atoms with Crippen molar-refractivity contribution in [1.29, 1.82) is 0 Å². The van der Waals surface area contributed by atoms with E-state index in [9.17, 15) is 9.90 Å². The molecule has 18 heavy (non-hydrogen) atoms. The van der Waals surface area contributed by atoms with Crippen LogP contribution in [-0.4, -0.2) is 18.2 Å². The Kier molecular flexibility index (Phi) is 4.57. The number of aromatic hydroxyl groups is 1. The highest BCUT2D eigenvalue weighted by Crippen LogP contribution is 2.34. The quantitative estimate of drug-likeness (QED) is 0.670. The first kappa shape index (κ1) is 14.8. The average molecular weight is 313 g/mol. The standard InChI is InChI=1S/C14H17BrO3/c1-14(2,3)10-7-9(5-6-12(16)18-4)13(17)11(15)8-10/h5-8,17H,1-4H3/b6-5+. The first-order chi connectivity index (χ1) is 8.25. The van der Waals surface area contributed by atoms with Crippen LogP contribution in [-0.2, 0) is 14.9 Å². The molecule has 0 fully saturated rings. The van der Waals surface area contributed by atoms with Gasteiger partial charge in [-0.15, -0.1) is 0 Å². The van der Waals surface area contributed by atoms with Crippen molar-refractivity contribution in [2.75, 3.05) is 7.11 Å². The average Bonchev–Trinajstić information content (AvgIpc) is 2.28. The minimum atomic E-state index is -0.452. The van der Waals surface area contributed by atoms with E-state index >= 15 is 0 Å². The fourth-order valence-corrected chi connectivity index (χ4v) is 1.88. The van der Waals surface area contributed by atoms with Gasteiger partial charge in [0.1, 0.15) is 5.75 Å². The number of carbonyl (C=O) groups excluding carboxylic acids is 1. The van der Waals surface area contributed by atoms with Crippen LogP contribution in [0.5, 0.6) is 5.75 Å². The van der Waals surface area contributed by atoms with Crippen LogP contribution in [0.25, 0.3) is 6.08 Å². The summed E-state index contributed by atoms with van der Waals surface area (Å²) in [4.78, 5) is 11.1. The van der Waals surface area contributed by atoms with E-state index in [0.29, 0.717) is 10.0 Å². The molecule has 4 heteroatoms. The number of rotatable bonds is 2. The molecule has 0 aromatic heterocycles. The normalized spacial score (nSPS) is 11.8. The van der Waals surface area contributed by atoms with E-state index in [1.807, 2.05) is 12.1 Å². The number of hydrogen-bond acceptors (Lipinski definition) is 3. The van der Waals surface area contributed by atoms with E-state index in [1.54, 1.807) is 6.08 Å². The second-order valence-corrected chi connectivity index (χ2v) is 5.86. The second-order valence-electron chi connectivity index (χ2n) is 5.00. The molecule has 3 nitrogen and oxygen atoms in total. The van der Waals surface area contributed by atoms with E-state index in [0.717, 1.165) is 5.56 Å². The van der Waals surface area contributed by atoms with E-state index in [4.69, 9.17) is 0 Å². The Morgan fingerprint density at radius 2 is 2.00 bits per heavy atom. The second kappa shape index (κ2) is 5.57. The molecular formula is C14H17BrO3. The van der Waals surface area contributed by atoms with Crippen molar-refractivity contribution in [3.63, 3.8) is 0 Å². The molecule has 0 spiro atoms. The van der Waals surface area contributed by atoms with Crippen molar-refractivity contribution >= 4 is 28.0 Å². The van der Waals surface area contributed by atoms with Crippen molar-refractivity contribution in [2.45, 2.75) is 26.2 Å². The van der Waals surface area contributed by atoms with E-state index in [2.05, 4.69) is 41.4 Å². The summed E-state index contributed by atoms with van der Waals surface area (Å²) < 4.78 is 5.13. The van der Waals surface area contributed by atoms with Gasteiger partial charge in [-0.2, -0.15) is 0 Å². The van der Waals surface area contributed by atoms with Crippen LogP contribution < -0.4 is 0 Å². The lowest BCUT2D eigenvalue weighted by molar-refractivity contribution is -0.134. The van der Waals surface area contributed by atoms with Gasteiger partial charge in [0.05, 0.1) is 11.6 Å². The van der Waals surface area contributed by atoms with Crippen LogP contribution in [0.1, 0.15) is 31.9 Å². The van der Waals surface area contributed by atoms with Crippen molar-refractivity contribution in [3.05, 3.63) is 33.8 Å². The smallest absolute Gasteiger partial charge is 0.330 e. The van der Waals surface area contributed by atoms with Gasteiger partial charge < -0.3 is 9.84 Å². The largest absolute Gasteiger partial charge is 0.506 e. The van der Waals surface area contributed by atoms with Crippen LogP contribution in [0, 0.1) is 0 Å². The Balaban J connectivity index is 3.23. The number of hydrogen-bond donors (Lipinski definition) is 1. The Labute approximate surface area is 116 Å². The van der Waals surface area contributed by atoms with Gasteiger partial charge in [-0.25, -0.2) is 4.79 Å². The van der Waals surface area contributed by atoms with Gasteiger partial charge in [0.25, 0.3) is 0 Å².